The van der Waals surface area contributed by atoms with Crippen molar-refractivity contribution in [3.63, 3.8) is 0 Å². The van der Waals surface area contributed by atoms with Gasteiger partial charge in [-0.1, -0.05) is 29.8 Å². The van der Waals surface area contributed by atoms with Crippen LogP contribution in [0.5, 0.6) is 0 Å². The summed E-state index contributed by atoms with van der Waals surface area (Å²) >= 11 is 6.05. The molecule has 0 saturated heterocycles. The second-order valence-electron chi connectivity index (χ2n) is 4.24. The largest absolute Gasteiger partial charge is 0.342 e. The summed E-state index contributed by atoms with van der Waals surface area (Å²) in [5.41, 5.74) is 1.37. The van der Waals surface area contributed by atoms with E-state index in [1.54, 1.807) is 6.07 Å². The first-order valence-corrected chi connectivity index (χ1v) is 6.08. The van der Waals surface area contributed by atoms with E-state index in [0.29, 0.717) is 22.8 Å². The highest BCUT2D eigenvalue weighted by Crippen LogP contribution is 2.21. The molecule has 5 heteroatoms. The molecule has 1 heterocycles. The van der Waals surface area contributed by atoms with Gasteiger partial charge < -0.3 is 4.98 Å². The summed E-state index contributed by atoms with van der Waals surface area (Å²) in [6.07, 6.45) is 0.440. The van der Waals surface area contributed by atoms with Crippen LogP contribution in [0, 0.1) is 11.6 Å². The van der Waals surface area contributed by atoms with Crippen molar-refractivity contribution in [1.82, 2.24) is 9.97 Å². The van der Waals surface area contributed by atoms with Gasteiger partial charge in [-0.3, -0.25) is 0 Å². The second kappa shape index (κ2) is 4.63. The van der Waals surface area contributed by atoms with Crippen molar-refractivity contribution >= 4 is 22.6 Å². The van der Waals surface area contributed by atoms with Crippen molar-refractivity contribution in [2.75, 3.05) is 0 Å². The zero-order chi connectivity index (χ0) is 13.4. The minimum atomic E-state index is -0.670. The van der Waals surface area contributed by atoms with Crippen molar-refractivity contribution in [3.05, 3.63) is 64.4 Å². The molecular formula is C14H9ClF2N2. The van der Waals surface area contributed by atoms with Gasteiger partial charge in [0, 0.05) is 17.5 Å². The summed E-state index contributed by atoms with van der Waals surface area (Å²) in [5.74, 6) is -0.748. The van der Waals surface area contributed by atoms with Gasteiger partial charge in [0.2, 0.25) is 0 Å². The van der Waals surface area contributed by atoms with E-state index < -0.39 is 11.6 Å². The van der Waals surface area contributed by atoms with Gasteiger partial charge in [0.05, 0.1) is 5.52 Å². The summed E-state index contributed by atoms with van der Waals surface area (Å²) in [4.78, 5) is 7.04. The molecule has 0 aliphatic rings. The van der Waals surface area contributed by atoms with E-state index in [1.165, 1.54) is 6.07 Å². The third kappa shape index (κ3) is 2.31. The molecule has 96 valence electrons. The molecule has 0 radical (unpaired) electrons. The molecule has 0 saturated carbocycles. The second-order valence-corrected chi connectivity index (χ2v) is 4.64. The number of aromatic amines is 1. The quantitative estimate of drug-likeness (QED) is 0.751. The molecule has 3 aromatic rings. The first-order chi connectivity index (χ1) is 9.13. The predicted molar refractivity (Wildman–Crippen MR) is 70.3 cm³/mol. The predicted octanol–water partition coefficient (Wildman–Crippen LogP) is 4.09. The van der Waals surface area contributed by atoms with Gasteiger partial charge in [-0.25, -0.2) is 13.8 Å². The smallest absolute Gasteiger partial charge is 0.153 e. The number of halogens is 3. The fourth-order valence-corrected chi connectivity index (χ4v) is 2.20. The van der Waals surface area contributed by atoms with Crippen LogP contribution >= 0.6 is 11.6 Å². The van der Waals surface area contributed by atoms with Gasteiger partial charge >= 0.3 is 0 Å². The molecule has 2 aromatic carbocycles. The number of nitrogens with one attached hydrogen (secondary N) is 1. The summed E-state index contributed by atoms with van der Waals surface area (Å²) in [7, 11) is 0. The molecule has 2 nitrogen and oxygen atoms in total. The highest BCUT2D eigenvalue weighted by Gasteiger charge is 2.11. The van der Waals surface area contributed by atoms with Crippen molar-refractivity contribution in [2.45, 2.75) is 6.42 Å². The van der Waals surface area contributed by atoms with E-state index in [0.717, 1.165) is 11.6 Å². The number of H-pyrrole nitrogens is 1. The Bertz CT molecular complexity index is 752. The number of aromatic nitrogens is 2. The maximum atomic E-state index is 13.5. The minimum Gasteiger partial charge on any atom is -0.342 e. The fourth-order valence-electron chi connectivity index (χ4n) is 2.00. The van der Waals surface area contributed by atoms with Gasteiger partial charge in [-0.05, 0) is 17.7 Å². The third-order valence-corrected chi connectivity index (χ3v) is 3.24. The lowest BCUT2D eigenvalue weighted by molar-refractivity contribution is 0.590. The van der Waals surface area contributed by atoms with Crippen LogP contribution in [0.2, 0.25) is 5.02 Å². The molecular weight excluding hydrogens is 270 g/mol. The Morgan fingerprint density at radius 3 is 2.74 bits per heavy atom. The van der Waals surface area contributed by atoms with Gasteiger partial charge in [0.1, 0.15) is 17.2 Å². The minimum absolute atomic E-state index is 0.142. The average molecular weight is 279 g/mol. The maximum Gasteiger partial charge on any atom is 0.153 e. The first-order valence-electron chi connectivity index (χ1n) is 5.70. The van der Waals surface area contributed by atoms with Crippen LogP contribution in [-0.2, 0) is 6.42 Å². The van der Waals surface area contributed by atoms with Gasteiger partial charge in [0.25, 0.3) is 0 Å². The molecule has 3 rings (SSSR count). The summed E-state index contributed by atoms with van der Waals surface area (Å²) in [6.45, 7) is 0. The van der Waals surface area contributed by atoms with Crippen LogP contribution in [0.15, 0.2) is 36.4 Å². The molecule has 0 aliphatic carbocycles. The average Bonchev–Trinajstić information content (AvgIpc) is 2.75. The zero-order valence-corrected chi connectivity index (χ0v) is 10.5. The van der Waals surface area contributed by atoms with E-state index in [-0.39, 0.29) is 5.52 Å². The lowest BCUT2D eigenvalue weighted by Crippen LogP contribution is -1.91. The Balaban J connectivity index is 2.03. The monoisotopic (exact) mass is 278 g/mol. The number of hydrogen-bond donors (Lipinski definition) is 1. The van der Waals surface area contributed by atoms with Gasteiger partial charge in [0.15, 0.2) is 5.82 Å². The fraction of sp³-hybridized carbons (Fsp3) is 0.0714. The van der Waals surface area contributed by atoms with E-state index in [9.17, 15) is 8.78 Å². The molecule has 0 spiro atoms. The van der Waals surface area contributed by atoms with Crippen molar-refractivity contribution < 1.29 is 8.78 Å². The Labute approximate surface area is 113 Å². The van der Waals surface area contributed by atoms with Crippen molar-refractivity contribution in [1.29, 1.82) is 0 Å². The van der Waals surface area contributed by atoms with E-state index in [2.05, 4.69) is 9.97 Å². The normalized spacial score (nSPS) is 11.1. The number of benzene rings is 2. The molecule has 0 aliphatic heterocycles. The van der Waals surface area contributed by atoms with E-state index >= 15 is 0 Å². The lowest BCUT2D eigenvalue weighted by Gasteiger charge is -2.00. The van der Waals surface area contributed by atoms with Gasteiger partial charge in [-0.2, -0.15) is 0 Å². The molecule has 0 atom stereocenters. The van der Waals surface area contributed by atoms with Crippen LogP contribution in [0.4, 0.5) is 8.78 Å². The molecule has 0 unspecified atom stereocenters. The third-order valence-electron chi connectivity index (χ3n) is 2.87. The van der Waals surface area contributed by atoms with Crippen LogP contribution in [0.1, 0.15) is 11.4 Å². The SMILES string of the molecule is Fc1cc(F)c2nc(Cc3ccccc3Cl)[nH]c2c1. The molecule has 1 N–H and O–H groups in total. The maximum absolute atomic E-state index is 13.5. The standard InChI is InChI=1S/C14H9ClF2N2/c15-10-4-2-1-3-8(10)5-13-18-12-7-9(16)6-11(17)14(12)19-13/h1-4,6-7H,5H2,(H,18,19). The van der Waals surface area contributed by atoms with Crippen molar-refractivity contribution in [3.8, 4) is 0 Å². The van der Waals surface area contributed by atoms with E-state index in [4.69, 9.17) is 11.6 Å². The Hall–Kier alpha value is -1.94. The Morgan fingerprint density at radius 2 is 1.95 bits per heavy atom. The number of hydrogen-bond acceptors (Lipinski definition) is 1. The summed E-state index contributed by atoms with van der Waals surface area (Å²) in [6, 6.07) is 9.39. The molecule has 19 heavy (non-hydrogen) atoms. The number of fused-ring (bicyclic) bond motifs is 1. The molecule has 0 amide bonds. The molecule has 0 bridgehead atoms. The van der Waals surface area contributed by atoms with Crippen LogP contribution in [-0.4, -0.2) is 9.97 Å². The Kier molecular flexibility index (Phi) is 2.95. The number of rotatable bonds is 2. The molecule has 0 fully saturated rings. The summed E-state index contributed by atoms with van der Waals surface area (Å²) < 4.78 is 26.6. The highest BCUT2D eigenvalue weighted by atomic mass is 35.5. The lowest BCUT2D eigenvalue weighted by atomic mass is 10.1. The highest BCUT2D eigenvalue weighted by molar-refractivity contribution is 6.31. The van der Waals surface area contributed by atoms with Crippen LogP contribution in [0.3, 0.4) is 0 Å². The number of nitrogens with zero attached hydrogens (tertiary/aromatic N) is 1. The van der Waals surface area contributed by atoms with Gasteiger partial charge in [-0.15, -0.1) is 0 Å². The molecule has 1 aromatic heterocycles. The summed E-state index contributed by atoms with van der Waals surface area (Å²) in [5, 5.41) is 0.620. The topological polar surface area (TPSA) is 28.7 Å². The first kappa shape index (κ1) is 12.1. The Morgan fingerprint density at radius 1 is 1.16 bits per heavy atom. The van der Waals surface area contributed by atoms with E-state index in [1.807, 2.05) is 18.2 Å². The van der Waals surface area contributed by atoms with Crippen LogP contribution < -0.4 is 0 Å². The number of imidazole rings is 1. The van der Waals surface area contributed by atoms with Crippen LogP contribution in [0.25, 0.3) is 11.0 Å². The van der Waals surface area contributed by atoms with Crippen molar-refractivity contribution in [2.24, 2.45) is 0 Å². The zero-order valence-electron chi connectivity index (χ0n) is 9.75.